The van der Waals surface area contributed by atoms with Gasteiger partial charge in [-0.05, 0) is 36.8 Å². The van der Waals surface area contributed by atoms with E-state index in [4.69, 9.17) is 0 Å². The molecule has 0 aliphatic rings. The van der Waals surface area contributed by atoms with Crippen molar-refractivity contribution in [1.82, 2.24) is 0 Å². The molecule has 2 heteroatoms. The molecule has 1 heterocycles. The van der Waals surface area contributed by atoms with Crippen LogP contribution in [0.4, 0.5) is 0 Å². The Bertz CT molecular complexity index is 357. The highest BCUT2D eigenvalue weighted by Crippen LogP contribution is 2.27. The maximum absolute atomic E-state index is 12.0. The van der Waals surface area contributed by atoms with E-state index in [0.717, 1.165) is 11.3 Å². The van der Waals surface area contributed by atoms with Crippen LogP contribution in [0.3, 0.4) is 0 Å². The quantitative estimate of drug-likeness (QED) is 0.695. The van der Waals surface area contributed by atoms with E-state index in [9.17, 15) is 4.79 Å². The molecule has 0 radical (unpaired) electrons. The Morgan fingerprint density at radius 1 is 1.38 bits per heavy atom. The van der Waals surface area contributed by atoms with Gasteiger partial charge in [-0.3, -0.25) is 4.79 Å². The highest BCUT2D eigenvalue weighted by molar-refractivity contribution is 7.14. The summed E-state index contributed by atoms with van der Waals surface area (Å²) in [6.45, 7) is 10.9. The summed E-state index contributed by atoms with van der Waals surface area (Å²) in [4.78, 5) is 14.1. The fourth-order valence-electron chi connectivity index (χ4n) is 2.12. The summed E-state index contributed by atoms with van der Waals surface area (Å²) in [5.41, 5.74) is 0.311. The molecule has 1 aromatic heterocycles. The third kappa shape index (κ3) is 4.48. The van der Waals surface area contributed by atoms with Gasteiger partial charge in [0.2, 0.25) is 0 Å². The highest BCUT2D eigenvalue weighted by atomic mass is 32.1. The molecule has 0 saturated carbocycles. The lowest BCUT2D eigenvalue weighted by molar-refractivity contribution is 0.0958. The molecule has 0 bridgehead atoms. The first kappa shape index (κ1) is 13.4. The Hall–Kier alpha value is -0.630. The fraction of sp³-hybridized carbons (Fsp3) is 0.643. The Balaban J connectivity index is 2.52. The van der Waals surface area contributed by atoms with Crippen molar-refractivity contribution >= 4 is 17.1 Å². The molecule has 0 fully saturated rings. The first-order valence-corrected chi connectivity index (χ1v) is 6.69. The third-order valence-corrected chi connectivity index (χ3v) is 3.55. The number of thiophene rings is 1. The minimum absolute atomic E-state index is 0.301. The fourth-order valence-corrected chi connectivity index (χ4v) is 2.94. The molecule has 1 nitrogen and oxygen atoms in total. The Kier molecular flexibility index (Phi) is 4.31. The van der Waals surface area contributed by atoms with Gasteiger partial charge >= 0.3 is 0 Å². The van der Waals surface area contributed by atoms with Gasteiger partial charge in [0.25, 0.3) is 0 Å². The SMILES string of the molecule is Cc1ccc(C(=O)CC(C)CC(C)(C)C)s1. The van der Waals surface area contributed by atoms with Crippen molar-refractivity contribution in [3.63, 3.8) is 0 Å². The van der Waals surface area contributed by atoms with Gasteiger partial charge in [0.15, 0.2) is 5.78 Å². The summed E-state index contributed by atoms with van der Waals surface area (Å²) in [6.07, 6.45) is 1.78. The number of ketones is 1. The van der Waals surface area contributed by atoms with E-state index in [2.05, 4.69) is 27.7 Å². The summed E-state index contributed by atoms with van der Waals surface area (Å²) >= 11 is 1.61. The van der Waals surface area contributed by atoms with Crippen molar-refractivity contribution < 1.29 is 4.79 Å². The Morgan fingerprint density at radius 2 is 2.00 bits per heavy atom. The molecule has 1 unspecified atom stereocenters. The van der Waals surface area contributed by atoms with Gasteiger partial charge in [-0.2, -0.15) is 0 Å². The predicted octanol–water partition coefficient (Wildman–Crippen LogP) is 4.70. The second kappa shape index (κ2) is 5.13. The van der Waals surface area contributed by atoms with Crippen LogP contribution in [0.1, 0.15) is 55.1 Å². The highest BCUT2D eigenvalue weighted by Gasteiger charge is 2.18. The van der Waals surface area contributed by atoms with Crippen LogP contribution in [0.5, 0.6) is 0 Å². The van der Waals surface area contributed by atoms with Crippen LogP contribution in [0.15, 0.2) is 12.1 Å². The standard InChI is InChI=1S/C14H22OS/c1-10(9-14(3,4)5)8-12(15)13-7-6-11(2)16-13/h6-7,10H,8-9H2,1-5H3. The normalized spacial score (nSPS) is 13.8. The molecule has 0 N–H and O–H groups in total. The van der Waals surface area contributed by atoms with Crippen LogP contribution < -0.4 is 0 Å². The third-order valence-electron chi connectivity index (χ3n) is 2.51. The molecule has 0 aliphatic heterocycles. The van der Waals surface area contributed by atoms with E-state index >= 15 is 0 Å². The van der Waals surface area contributed by atoms with Crippen LogP contribution in [-0.2, 0) is 0 Å². The first-order valence-electron chi connectivity index (χ1n) is 5.87. The topological polar surface area (TPSA) is 17.1 Å². The van der Waals surface area contributed by atoms with Gasteiger partial charge in [0.1, 0.15) is 0 Å². The zero-order chi connectivity index (χ0) is 12.3. The van der Waals surface area contributed by atoms with Crippen LogP contribution in [0.25, 0.3) is 0 Å². The molecule has 0 aromatic carbocycles. The van der Waals surface area contributed by atoms with Crippen LogP contribution in [-0.4, -0.2) is 5.78 Å². The van der Waals surface area contributed by atoms with Gasteiger partial charge < -0.3 is 0 Å². The summed E-state index contributed by atoms with van der Waals surface area (Å²) in [7, 11) is 0. The zero-order valence-electron chi connectivity index (χ0n) is 11.0. The second-order valence-electron chi connectivity index (χ2n) is 5.91. The van der Waals surface area contributed by atoms with Crippen LogP contribution in [0, 0.1) is 18.3 Å². The lowest BCUT2D eigenvalue weighted by Gasteiger charge is -2.22. The van der Waals surface area contributed by atoms with E-state index in [1.54, 1.807) is 11.3 Å². The van der Waals surface area contributed by atoms with Gasteiger partial charge in [-0.1, -0.05) is 27.7 Å². The van der Waals surface area contributed by atoms with Crippen molar-refractivity contribution in [2.24, 2.45) is 11.3 Å². The largest absolute Gasteiger partial charge is 0.293 e. The van der Waals surface area contributed by atoms with Gasteiger partial charge in [0.05, 0.1) is 4.88 Å². The Labute approximate surface area is 103 Å². The summed E-state index contributed by atoms with van der Waals surface area (Å²) < 4.78 is 0. The van der Waals surface area contributed by atoms with Crippen LogP contribution in [0.2, 0.25) is 0 Å². The van der Waals surface area contributed by atoms with Crippen molar-refractivity contribution in [2.75, 3.05) is 0 Å². The summed E-state index contributed by atoms with van der Waals surface area (Å²) in [5, 5.41) is 0. The molecule has 0 saturated heterocycles. The van der Waals surface area contributed by atoms with Crippen molar-refractivity contribution in [3.8, 4) is 0 Å². The number of rotatable bonds is 4. The number of aryl methyl sites for hydroxylation is 1. The first-order chi connectivity index (χ1) is 7.28. The van der Waals surface area contributed by atoms with E-state index in [0.29, 0.717) is 23.5 Å². The molecule has 90 valence electrons. The van der Waals surface area contributed by atoms with E-state index in [1.165, 1.54) is 4.88 Å². The van der Waals surface area contributed by atoms with Crippen molar-refractivity contribution in [2.45, 2.75) is 47.5 Å². The monoisotopic (exact) mass is 238 g/mol. The summed E-state index contributed by atoms with van der Waals surface area (Å²) in [5.74, 6) is 0.768. The summed E-state index contributed by atoms with van der Waals surface area (Å²) in [6, 6.07) is 3.97. The molecular formula is C14H22OS. The van der Waals surface area contributed by atoms with Gasteiger partial charge in [-0.15, -0.1) is 11.3 Å². The molecule has 0 aliphatic carbocycles. The number of carbonyl (C=O) groups is 1. The van der Waals surface area contributed by atoms with E-state index in [1.807, 2.05) is 19.1 Å². The van der Waals surface area contributed by atoms with Gasteiger partial charge in [-0.25, -0.2) is 0 Å². The van der Waals surface area contributed by atoms with E-state index < -0.39 is 0 Å². The minimum atomic E-state index is 0.301. The predicted molar refractivity (Wildman–Crippen MR) is 71.2 cm³/mol. The number of hydrogen-bond acceptors (Lipinski definition) is 2. The zero-order valence-corrected chi connectivity index (χ0v) is 11.8. The molecule has 1 rings (SSSR count). The number of carbonyl (C=O) groups excluding carboxylic acids is 1. The molecule has 0 spiro atoms. The van der Waals surface area contributed by atoms with Gasteiger partial charge in [0, 0.05) is 11.3 Å². The van der Waals surface area contributed by atoms with E-state index in [-0.39, 0.29) is 0 Å². The molecule has 1 aromatic rings. The Morgan fingerprint density at radius 3 is 2.44 bits per heavy atom. The lowest BCUT2D eigenvalue weighted by atomic mass is 9.83. The molecule has 16 heavy (non-hydrogen) atoms. The minimum Gasteiger partial charge on any atom is -0.293 e. The maximum atomic E-state index is 12.0. The second-order valence-corrected chi connectivity index (χ2v) is 7.20. The maximum Gasteiger partial charge on any atom is 0.173 e. The molecular weight excluding hydrogens is 216 g/mol. The van der Waals surface area contributed by atoms with Crippen molar-refractivity contribution in [3.05, 3.63) is 21.9 Å². The average molecular weight is 238 g/mol. The molecule has 0 amide bonds. The molecule has 1 atom stereocenters. The average Bonchev–Trinajstić information content (AvgIpc) is 2.47. The number of Topliss-reactive ketones (excluding diaryl/α,β-unsaturated/α-hetero) is 1. The van der Waals surface area contributed by atoms with Crippen LogP contribution >= 0.6 is 11.3 Å². The smallest absolute Gasteiger partial charge is 0.173 e. The number of hydrogen-bond donors (Lipinski definition) is 0. The van der Waals surface area contributed by atoms with Crippen molar-refractivity contribution in [1.29, 1.82) is 0 Å². The lowest BCUT2D eigenvalue weighted by Crippen LogP contribution is -2.13.